The van der Waals surface area contributed by atoms with E-state index in [0.717, 1.165) is 11.1 Å². The van der Waals surface area contributed by atoms with Crippen molar-refractivity contribution in [2.75, 3.05) is 11.9 Å². The number of amides is 4. The molecule has 0 saturated carbocycles. The van der Waals surface area contributed by atoms with Gasteiger partial charge < -0.3 is 15.4 Å². The molecule has 0 aliphatic carbocycles. The fraction of sp³-hybridized carbons (Fsp3) is 0.318. The number of nitrogens with one attached hydrogen (secondary N) is 4. The third-order valence-electron chi connectivity index (χ3n) is 4.44. The molecule has 0 radical (unpaired) electrons. The highest BCUT2D eigenvalue weighted by atomic mass is 16.5. The Morgan fingerprint density at radius 2 is 1.63 bits per heavy atom. The Labute approximate surface area is 176 Å². The van der Waals surface area contributed by atoms with Crippen LogP contribution in [0, 0.1) is 19.8 Å². The summed E-state index contributed by atoms with van der Waals surface area (Å²) in [4.78, 5) is 36.6. The second-order valence-electron chi connectivity index (χ2n) is 7.26. The van der Waals surface area contributed by atoms with Crippen molar-refractivity contribution < 1.29 is 19.1 Å². The molecule has 8 nitrogen and oxygen atoms in total. The number of urea groups is 1. The van der Waals surface area contributed by atoms with Crippen molar-refractivity contribution in [3.8, 4) is 5.75 Å². The van der Waals surface area contributed by atoms with E-state index in [1.165, 1.54) is 0 Å². The highest BCUT2D eigenvalue weighted by molar-refractivity contribution is 5.94. The summed E-state index contributed by atoms with van der Waals surface area (Å²) in [5.41, 5.74) is 7.42. The summed E-state index contributed by atoms with van der Waals surface area (Å²) in [5.74, 6) is -0.681. The molecule has 0 bridgehead atoms. The van der Waals surface area contributed by atoms with Crippen molar-refractivity contribution in [2.24, 2.45) is 5.92 Å². The Bertz CT molecular complexity index is 884. The predicted octanol–water partition coefficient (Wildman–Crippen LogP) is 2.68. The van der Waals surface area contributed by atoms with Gasteiger partial charge in [0.25, 0.3) is 11.8 Å². The van der Waals surface area contributed by atoms with Crippen LogP contribution in [0.25, 0.3) is 0 Å². The van der Waals surface area contributed by atoms with Gasteiger partial charge in [0, 0.05) is 5.69 Å². The Morgan fingerprint density at radius 1 is 0.933 bits per heavy atom. The van der Waals surface area contributed by atoms with E-state index in [-0.39, 0.29) is 12.5 Å². The molecule has 0 fully saturated rings. The van der Waals surface area contributed by atoms with E-state index in [4.69, 9.17) is 4.74 Å². The Kier molecular flexibility index (Phi) is 8.22. The summed E-state index contributed by atoms with van der Waals surface area (Å²) in [7, 11) is 0. The molecule has 2 aromatic carbocycles. The minimum atomic E-state index is -0.838. The lowest BCUT2D eigenvalue weighted by atomic mass is 10.0. The van der Waals surface area contributed by atoms with Crippen LogP contribution in [0.5, 0.6) is 5.75 Å². The number of hydrogen-bond donors (Lipinski definition) is 4. The molecule has 2 rings (SSSR count). The van der Waals surface area contributed by atoms with Crippen LogP contribution in [0.3, 0.4) is 0 Å². The molecule has 0 heterocycles. The summed E-state index contributed by atoms with van der Waals surface area (Å²) >= 11 is 0. The van der Waals surface area contributed by atoms with Crippen LogP contribution >= 0.6 is 0 Å². The SMILES string of the molecule is Cc1ccc(OCC(=O)NNC(=O)C(NC(=O)Nc2ccccc2)C(C)C)cc1C. The van der Waals surface area contributed by atoms with Crippen molar-refractivity contribution in [3.05, 3.63) is 59.7 Å². The normalized spacial score (nSPS) is 11.4. The van der Waals surface area contributed by atoms with Gasteiger partial charge in [0.15, 0.2) is 6.61 Å². The molecule has 0 aliphatic rings. The Hall–Kier alpha value is -3.55. The molecule has 30 heavy (non-hydrogen) atoms. The van der Waals surface area contributed by atoms with Crippen LogP contribution < -0.4 is 26.2 Å². The molecule has 160 valence electrons. The minimum absolute atomic E-state index is 0.199. The monoisotopic (exact) mass is 412 g/mol. The molecule has 2 aromatic rings. The third kappa shape index (κ3) is 7.12. The largest absolute Gasteiger partial charge is 0.484 e. The molecule has 0 aliphatic heterocycles. The van der Waals surface area contributed by atoms with Crippen LogP contribution in [0.4, 0.5) is 10.5 Å². The quantitative estimate of drug-likeness (QED) is 0.524. The lowest BCUT2D eigenvalue weighted by molar-refractivity contribution is -0.131. The van der Waals surface area contributed by atoms with E-state index in [1.54, 1.807) is 44.2 Å². The first-order chi connectivity index (χ1) is 14.3. The molecule has 4 amide bonds. The van der Waals surface area contributed by atoms with Crippen LogP contribution in [0.2, 0.25) is 0 Å². The van der Waals surface area contributed by atoms with Crippen molar-refractivity contribution in [2.45, 2.75) is 33.7 Å². The molecule has 4 N–H and O–H groups in total. The van der Waals surface area contributed by atoms with E-state index in [9.17, 15) is 14.4 Å². The Morgan fingerprint density at radius 3 is 2.27 bits per heavy atom. The molecule has 1 atom stereocenters. The zero-order valence-corrected chi connectivity index (χ0v) is 17.6. The number of benzene rings is 2. The molecule has 8 heteroatoms. The maximum Gasteiger partial charge on any atom is 0.319 e. The predicted molar refractivity (Wildman–Crippen MR) is 115 cm³/mol. The topological polar surface area (TPSA) is 109 Å². The average molecular weight is 412 g/mol. The van der Waals surface area contributed by atoms with Gasteiger partial charge in [-0.25, -0.2) is 4.79 Å². The lowest BCUT2D eigenvalue weighted by Gasteiger charge is -2.22. The third-order valence-corrected chi connectivity index (χ3v) is 4.44. The number of carbonyl (C=O) groups excluding carboxylic acids is 3. The second kappa shape index (κ2) is 10.8. The molecule has 0 saturated heterocycles. The van der Waals surface area contributed by atoms with E-state index < -0.39 is 23.9 Å². The minimum Gasteiger partial charge on any atom is -0.484 e. The summed E-state index contributed by atoms with van der Waals surface area (Å²) < 4.78 is 5.43. The van der Waals surface area contributed by atoms with Crippen LogP contribution in [0.15, 0.2) is 48.5 Å². The molecule has 0 spiro atoms. The number of ether oxygens (including phenoxy) is 1. The zero-order valence-electron chi connectivity index (χ0n) is 17.6. The van der Waals surface area contributed by atoms with Gasteiger partial charge in [0.1, 0.15) is 11.8 Å². The van der Waals surface area contributed by atoms with Crippen molar-refractivity contribution in [1.29, 1.82) is 0 Å². The summed E-state index contributed by atoms with van der Waals surface area (Å²) in [6.07, 6.45) is 0. The first-order valence-electron chi connectivity index (χ1n) is 9.67. The van der Waals surface area contributed by atoms with Crippen molar-refractivity contribution in [3.63, 3.8) is 0 Å². The van der Waals surface area contributed by atoms with Gasteiger partial charge in [-0.1, -0.05) is 38.1 Å². The van der Waals surface area contributed by atoms with Gasteiger partial charge >= 0.3 is 6.03 Å². The van der Waals surface area contributed by atoms with Gasteiger partial charge in [0.05, 0.1) is 0 Å². The first kappa shape index (κ1) is 22.7. The van der Waals surface area contributed by atoms with E-state index >= 15 is 0 Å². The maximum atomic E-state index is 12.4. The molecular formula is C22H28N4O4. The van der Waals surface area contributed by atoms with Gasteiger partial charge in [-0.05, 0) is 55.2 Å². The second-order valence-corrected chi connectivity index (χ2v) is 7.26. The van der Waals surface area contributed by atoms with Crippen LogP contribution in [-0.2, 0) is 9.59 Å². The summed E-state index contributed by atoms with van der Waals surface area (Å²) in [6, 6.07) is 13.1. The molecule has 1 unspecified atom stereocenters. The first-order valence-corrected chi connectivity index (χ1v) is 9.67. The van der Waals surface area contributed by atoms with E-state index in [2.05, 4.69) is 21.5 Å². The summed E-state index contributed by atoms with van der Waals surface area (Å²) in [5, 5.41) is 5.27. The fourth-order valence-corrected chi connectivity index (χ4v) is 2.56. The fourth-order valence-electron chi connectivity index (χ4n) is 2.56. The van der Waals surface area contributed by atoms with Gasteiger partial charge in [-0.3, -0.25) is 20.4 Å². The van der Waals surface area contributed by atoms with Crippen LogP contribution in [-0.4, -0.2) is 30.5 Å². The average Bonchev–Trinajstić information content (AvgIpc) is 2.71. The summed E-state index contributed by atoms with van der Waals surface area (Å²) in [6.45, 7) is 7.27. The number of rotatable bonds is 7. The van der Waals surface area contributed by atoms with Gasteiger partial charge in [-0.2, -0.15) is 0 Å². The number of aryl methyl sites for hydroxylation is 2. The number of anilines is 1. The zero-order chi connectivity index (χ0) is 22.1. The van der Waals surface area contributed by atoms with E-state index in [0.29, 0.717) is 11.4 Å². The van der Waals surface area contributed by atoms with Gasteiger partial charge in [0.2, 0.25) is 0 Å². The smallest absolute Gasteiger partial charge is 0.319 e. The lowest BCUT2D eigenvalue weighted by Crippen LogP contribution is -2.55. The van der Waals surface area contributed by atoms with Crippen molar-refractivity contribution in [1.82, 2.24) is 16.2 Å². The Balaban J connectivity index is 1.81. The number of carbonyl (C=O) groups is 3. The number of hydrogen-bond acceptors (Lipinski definition) is 4. The highest BCUT2D eigenvalue weighted by Crippen LogP contribution is 2.16. The van der Waals surface area contributed by atoms with E-state index in [1.807, 2.05) is 32.0 Å². The molecular weight excluding hydrogens is 384 g/mol. The standard InChI is InChI=1S/C22H28N4O4/c1-14(2)20(24-22(29)23-17-8-6-5-7-9-17)21(28)26-25-19(27)13-30-18-11-10-15(3)16(4)12-18/h5-12,14,20H,13H2,1-4H3,(H,25,27)(H,26,28)(H2,23,24,29). The number of para-hydroxylation sites is 1. The molecule has 0 aromatic heterocycles. The maximum absolute atomic E-state index is 12.4. The van der Waals surface area contributed by atoms with Gasteiger partial charge in [-0.15, -0.1) is 0 Å². The number of hydrazine groups is 1. The van der Waals surface area contributed by atoms with Crippen molar-refractivity contribution >= 4 is 23.5 Å². The highest BCUT2D eigenvalue weighted by Gasteiger charge is 2.24. The van der Waals surface area contributed by atoms with Crippen LogP contribution in [0.1, 0.15) is 25.0 Å².